The number of fused-ring (bicyclic) bond motifs is 1. The van der Waals surface area contributed by atoms with Crippen LogP contribution in [0.15, 0.2) is 42.5 Å². The average Bonchev–Trinajstić information content (AvgIpc) is 2.66. The fraction of sp³-hybridized carbons (Fsp3) is 0.500. The van der Waals surface area contributed by atoms with E-state index in [0.717, 1.165) is 30.2 Å². The second kappa shape index (κ2) is 8.87. The molecule has 2 N–H and O–H groups in total. The molecule has 2 atom stereocenters. The second-order valence-corrected chi connectivity index (χ2v) is 8.22. The average molecular weight is 384 g/mol. The minimum Gasteiger partial charge on any atom is -0.508 e. The van der Waals surface area contributed by atoms with Crippen molar-refractivity contribution in [3.8, 4) is 17.2 Å². The molecule has 1 heterocycles. The highest BCUT2D eigenvalue weighted by Gasteiger charge is 2.41. The van der Waals surface area contributed by atoms with Crippen molar-refractivity contribution in [3.63, 3.8) is 0 Å². The first-order valence-corrected chi connectivity index (χ1v) is 10.4. The van der Waals surface area contributed by atoms with Crippen LogP contribution in [-0.4, -0.2) is 30.4 Å². The Morgan fingerprint density at radius 3 is 2.57 bits per heavy atom. The number of hydrogen-bond donors (Lipinski definition) is 2. The molecule has 0 saturated carbocycles. The Kier molecular flexibility index (Phi) is 6.50. The van der Waals surface area contributed by atoms with Crippen molar-refractivity contribution in [1.29, 1.82) is 0 Å². The predicted octanol–water partition coefficient (Wildman–Crippen LogP) is 5.10. The molecule has 0 saturated heterocycles. The van der Waals surface area contributed by atoms with Crippen molar-refractivity contribution >= 4 is 0 Å². The first kappa shape index (κ1) is 20.5. The van der Waals surface area contributed by atoms with E-state index in [-0.39, 0.29) is 17.3 Å². The van der Waals surface area contributed by atoms with Crippen molar-refractivity contribution in [2.45, 2.75) is 52.1 Å². The lowest BCUT2D eigenvalue weighted by molar-refractivity contribution is 0.0257. The molecule has 4 heteroatoms. The summed E-state index contributed by atoms with van der Waals surface area (Å²) in [5, 5.41) is 13.3. The molecule has 0 aliphatic carbocycles. The van der Waals surface area contributed by atoms with Gasteiger partial charge in [0.25, 0.3) is 0 Å². The maximum atomic E-state index is 9.87. The molecular weight excluding hydrogens is 350 g/mol. The number of nitrogens with one attached hydrogen (secondary N) is 1. The van der Waals surface area contributed by atoms with Crippen LogP contribution in [0.1, 0.15) is 57.6 Å². The molecule has 0 aromatic heterocycles. The molecule has 3 rings (SSSR count). The molecule has 0 spiro atoms. The molecule has 0 bridgehead atoms. The largest absolute Gasteiger partial charge is 0.508 e. The summed E-state index contributed by atoms with van der Waals surface area (Å²) in [6.07, 6.45) is 2.41. The maximum Gasteiger partial charge on any atom is 0.127 e. The maximum absolute atomic E-state index is 9.87. The molecule has 4 nitrogen and oxygen atoms in total. The lowest BCUT2D eigenvalue weighted by Gasteiger charge is -2.43. The van der Waals surface area contributed by atoms with Crippen molar-refractivity contribution < 1.29 is 14.6 Å². The Balaban J connectivity index is 1.72. The SMILES string of the molecule is CCCCNCCOc1ccc([C@@H]2c3ccc(O)cc3OC(C)(C)C2C)cc1. The van der Waals surface area contributed by atoms with Gasteiger partial charge in [-0.1, -0.05) is 38.5 Å². The van der Waals surface area contributed by atoms with Crippen LogP contribution >= 0.6 is 0 Å². The third-order valence-electron chi connectivity index (χ3n) is 5.80. The number of aromatic hydroxyl groups is 1. The van der Waals surface area contributed by atoms with E-state index in [1.165, 1.54) is 18.4 Å². The molecule has 1 aliphatic rings. The normalized spacial score (nSPS) is 20.3. The zero-order chi connectivity index (χ0) is 20.1. The van der Waals surface area contributed by atoms with Gasteiger partial charge in [0, 0.05) is 30.0 Å². The third kappa shape index (κ3) is 4.61. The Morgan fingerprint density at radius 1 is 1.11 bits per heavy atom. The smallest absolute Gasteiger partial charge is 0.127 e. The molecule has 1 unspecified atom stereocenters. The quantitative estimate of drug-likeness (QED) is 0.623. The van der Waals surface area contributed by atoms with Gasteiger partial charge in [-0.05, 0) is 50.6 Å². The summed E-state index contributed by atoms with van der Waals surface area (Å²) in [6, 6.07) is 13.8. The van der Waals surface area contributed by atoms with Gasteiger partial charge in [0.1, 0.15) is 29.5 Å². The van der Waals surface area contributed by atoms with Gasteiger partial charge in [0.2, 0.25) is 0 Å². The summed E-state index contributed by atoms with van der Waals surface area (Å²) in [7, 11) is 0. The molecule has 28 heavy (non-hydrogen) atoms. The van der Waals surface area contributed by atoms with Crippen LogP contribution in [0.3, 0.4) is 0 Å². The summed E-state index contributed by atoms with van der Waals surface area (Å²) in [5.41, 5.74) is 2.05. The molecular formula is C24H33NO3. The molecule has 2 aromatic carbocycles. The van der Waals surface area contributed by atoms with Gasteiger partial charge >= 0.3 is 0 Å². The van der Waals surface area contributed by atoms with E-state index in [1.54, 1.807) is 12.1 Å². The first-order chi connectivity index (χ1) is 13.4. The number of benzene rings is 2. The van der Waals surface area contributed by atoms with Crippen LogP contribution in [-0.2, 0) is 0 Å². The van der Waals surface area contributed by atoms with Gasteiger partial charge in [-0.25, -0.2) is 0 Å². The molecule has 0 radical (unpaired) electrons. The molecule has 1 aliphatic heterocycles. The standard InChI is InChI=1S/C24H33NO3/c1-5-6-13-25-14-15-27-20-10-7-18(8-11-20)23-17(2)24(3,4)28-22-16-19(26)9-12-21(22)23/h7-12,16-17,23,25-26H,5-6,13-15H2,1-4H3/t17?,23-/m1/s1. The van der Waals surface area contributed by atoms with Crippen LogP contribution < -0.4 is 14.8 Å². The Bertz CT molecular complexity index is 770. The summed E-state index contributed by atoms with van der Waals surface area (Å²) in [4.78, 5) is 0. The van der Waals surface area contributed by atoms with Crippen LogP contribution in [0.25, 0.3) is 0 Å². The minimum atomic E-state index is -0.315. The monoisotopic (exact) mass is 383 g/mol. The fourth-order valence-electron chi connectivity index (χ4n) is 3.82. The Hall–Kier alpha value is -2.20. The third-order valence-corrected chi connectivity index (χ3v) is 5.80. The van der Waals surface area contributed by atoms with Crippen molar-refractivity contribution in [3.05, 3.63) is 53.6 Å². The van der Waals surface area contributed by atoms with E-state index < -0.39 is 0 Å². The number of hydrogen-bond acceptors (Lipinski definition) is 4. The van der Waals surface area contributed by atoms with E-state index in [0.29, 0.717) is 12.5 Å². The van der Waals surface area contributed by atoms with Gasteiger partial charge in [-0.15, -0.1) is 0 Å². The second-order valence-electron chi connectivity index (χ2n) is 8.22. The van der Waals surface area contributed by atoms with Gasteiger partial charge in [0.15, 0.2) is 0 Å². The van der Waals surface area contributed by atoms with Gasteiger partial charge in [0.05, 0.1) is 0 Å². The highest BCUT2D eigenvalue weighted by molar-refractivity contribution is 5.49. The number of phenolic OH excluding ortho intramolecular Hbond substituents is 1. The van der Waals surface area contributed by atoms with Crippen LogP contribution in [0.4, 0.5) is 0 Å². The summed E-state index contributed by atoms with van der Waals surface area (Å²) in [5.74, 6) is 2.40. The van der Waals surface area contributed by atoms with E-state index in [4.69, 9.17) is 9.47 Å². The van der Waals surface area contributed by atoms with Crippen LogP contribution in [0.2, 0.25) is 0 Å². The Morgan fingerprint density at radius 2 is 1.86 bits per heavy atom. The van der Waals surface area contributed by atoms with E-state index in [2.05, 4.69) is 57.3 Å². The molecule has 0 fully saturated rings. The van der Waals surface area contributed by atoms with Gasteiger partial charge < -0.3 is 19.9 Å². The fourth-order valence-corrected chi connectivity index (χ4v) is 3.82. The lowest BCUT2D eigenvalue weighted by Crippen LogP contribution is -2.43. The predicted molar refractivity (Wildman–Crippen MR) is 114 cm³/mol. The van der Waals surface area contributed by atoms with Gasteiger partial charge in [-0.2, -0.15) is 0 Å². The highest BCUT2D eigenvalue weighted by Crippen LogP contribution is 2.48. The minimum absolute atomic E-state index is 0.212. The highest BCUT2D eigenvalue weighted by atomic mass is 16.5. The van der Waals surface area contributed by atoms with E-state index in [1.807, 2.05) is 6.07 Å². The van der Waals surface area contributed by atoms with Crippen molar-refractivity contribution in [2.24, 2.45) is 5.92 Å². The molecule has 152 valence electrons. The van der Waals surface area contributed by atoms with E-state index >= 15 is 0 Å². The zero-order valence-electron chi connectivity index (χ0n) is 17.5. The summed E-state index contributed by atoms with van der Waals surface area (Å²) < 4.78 is 12.1. The molecule has 2 aromatic rings. The number of ether oxygens (including phenoxy) is 2. The van der Waals surface area contributed by atoms with Crippen LogP contribution in [0, 0.1) is 5.92 Å². The summed E-state index contributed by atoms with van der Waals surface area (Å²) >= 11 is 0. The summed E-state index contributed by atoms with van der Waals surface area (Å²) in [6.45, 7) is 11.2. The van der Waals surface area contributed by atoms with Gasteiger partial charge in [-0.3, -0.25) is 0 Å². The molecule has 0 amide bonds. The van der Waals surface area contributed by atoms with E-state index in [9.17, 15) is 5.11 Å². The van der Waals surface area contributed by atoms with Crippen molar-refractivity contribution in [2.75, 3.05) is 19.7 Å². The number of rotatable bonds is 8. The number of phenols is 1. The van der Waals surface area contributed by atoms with Crippen molar-refractivity contribution in [1.82, 2.24) is 5.32 Å². The topological polar surface area (TPSA) is 50.7 Å². The number of unbranched alkanes of at least 4 members (excludes halogenated alkanes) is 1. The Labute approximate surface area is 168 Å². The lowest BCUT2D eigenvalue weighted by atomic mass is 9.72. The first-order valence-electron chi connectivity index (χ1n) is 10.4. The van der Waals surface area contributed by atoms with Crippen LogP contribution in [0.5, 0.6) is 17.2 Å². The zero-order valence-corrected chi connectivity index (χ0v) is 17.5.